The van der Waals surface area contributed by atoms with Crippen LogP contribution in [0, 0.1) is 0 Å². The van der Waals surface area contributed by atoms with Crippen LogP contribution >= 0.6 is 27.3 Å². The first kappa shape index (κ1) is 15.7. The van der Waals surface area contributed by atoms with Gasteiger partial charge in [0.05, 0.1) is 5.69 Å². The van der Waals surface area contributed by atoms with Gasteiger partial charge in [-0.15, -0.1) is 11.3 Å². The number of hydrogen-bond acceptors (Lipinski definition) is 4. The van der Waals surface area contributed by atoms with E-state index in [0.717, 1.165) is 14.6 Å². The molecule has 1 aromatic heterocycles. The molecule has 0 aliphatic carbocycles. The zero-order chi connectivity index (χ0) is 16.2. The summed E-state index contributed by atoms with van der Waals surface area (Å²) in [7, 11) is 0. The van der Waals surface area contributed by atoms with Crippen molar-refractivity contribution in [2.75, 3.05) is 11.9 Å². The lowest BCUT2D eigenvalue weighted by molar-refractivity contribution is -0.119. The van der Waals surface area contributed by atoms with Gasteiger partial charge in [0.1, 0.15) is 4.88 Å². The van der Waals surface area contributed by atoms with Crippen LogP contribution in [0.3, 0.4) is 0 Å². The number of nitrogens with one attached hydrogen (secondary N) is 1. The lowest BCUT2D eigenvalue weighted by atomic mass is 10.2. The number of anilines is 1. The van der Waals surface area contributed by atoms with Crippen LogP contribution in [0.1, 0.15) is 9.67 Å². The van der Waals surface area contributed by atoms with E-state index >= 15 is 0 Å². The van der Waals surface area contributed by atoms with Crippen LogP contribution in [-0.4, -0.2) is 18.5 Å². The van der Waals surface area contributed by atoms with Gasteiger partial charge in [-0.3, -0.25) is 4.79 Å². The molecule has 0 radical (unpaired) electrons. The highest BCUT2D eigenvalue weighted by Crippen LogP contribution is 2.26. The van der Waals surface area contributed by atoms with Gasteiger partial charge in [-0.2, -0.15) is 0 Å². The van der Waals surface area contributed by atoms with Crippen LogP contribution in [-0.2, 0) is 9.53 Å². The van der Waals surface area contributed by atoms with Crippen LogP contribution in [0.2, 0.25) is 0 Å². The van der Waals surface area contributed by atoms with Gasteiger partial charge in [0, 0.05) is 9.17 Å². The molecular formula is C17H12BrNO3S. The molecule has 0 spiro atoms. The Kier molecular flexibility index (Phi) is 4.73. The van der Waals surface area contributed by atoms with E-state index in [2.05, 4.69) is 21.2 Å². The van der Waals surface area contributed by atoms with Crippen molar-refractivity contribution < 1.29 is 14.3 Å². The van der Waals surface area contributed by atoms with Crippen LogP contribution in [0.4, 0.5) is 5.69 Å². The molecule has 0 aliphatic rings. The molecule has 0 saturated heterocycles. The molecule has 23 heavy (non-hydrogen) atoms. The number of rotatable bonds is 4. The van der Waals surface area contributed by atoms with Crippen LogP contribution in [0.5, 0.6) is 0 Å². The van der Waals surface area contributed by atoms with Gasteiger partial charge in [0.15, 0.2) is 6.61 Å². The predicted molar refractivity (Wildman–Crippen MR) is 94.9 cm³/mol. The SMILES string of the molecule is O=C(COC(=O)c1cc2ccccc2s1)Nc1ccccc1Br. The number of amides is 1. The standard InChI is InChI=1S/C17H12BrNO3S/c18-12-6-2-3-7-13(12)19-16(20)10-22-17(21)15-9-11-5-1-4-8-14(11)23-15/h1-9H,10H2,(H,19,20). The van der Waals surface area contributed by atoms with Crippen molar-refractivity contribution in [3.63, 3.8) is 0 Å². The lowest BCUT2D eigenvalue weighted by Gasteiger charge is -2.07. The average molecular weight is 390 g/mol. The molecule has 1 heterocycles. The summed E-state index contributed by atoms with van der Waals surface area (Å²) in [5.41, 5.74) is 0.635. The third-order valence-electron chi connectivity index (χ3n) is 3.11. The second-order valence-corrected chi connectivity index (χ2v) is 6.69. The first-order valence-corrected chi connectivity index (χ1v) is 8.44. The molecule has 0 aliphatic heterocycles. The van der Waals surface area contributed by atoms with Gasteiger partial charge in [0.25, 0.3) is 5.91 Å². The van der Waals surface area contributed by atoms with Crippen molar-refractivity contribution in [2.45, 2.75) is 0 Å². The largest absolute Gasteiger partial charge is 0.451 e. The number of thiophene rings is 1. The third kappa shape index (κ3) is 3.78. The fourth-order valence-corrected chi connectivity index (χ4v) is 3.37. The van der Waals surface area contributed by atoms with E-state index in [9.17, 15) is 9.59 Å². The Labute approximate surface area is 145 Å². The van der Waals surface area contributed by atoms with Gasteiger partial charge < -0.3 is 10.1 Å². The normalized spacial score (nSPS) is 10.5. The molecule has 0 unspecified atom stereocenters. The number of benzene rings is 2. The molecule has 2 aromatic carbocycles. The van der Waals surface area contributed by atoms with E-state index in [1.807, 2.05) is 42.5 Å². The van der Waals surface area contributed by atoms with E-state index in [1.54, 1.807) is 12.1 Å². The summed E-state index contributed by atoms with van der Waals surface area (Å²) < 4.78 is 6.85. The number of hydrogen-bond donors (Lipinski definition) is 1. The fraction of sp³-hybridized carbons (Fsp3) is 0.0588. The number of carbonyl (C=O) groups is 2. The molecular weight excluding hydrogens is 378 g/mol. The first-order valence-electron chi connectivity index (χ1n) is 6.83. The maximum Gasteiger partial charge on any atom is 0.348 e. The number of halogens is 1. The Balaban J connectivity index is 1.60. The third-order valence-corrected chi connectivity index (χ3v) is 4.90. The number of para-hydroxylation sites is 1. The Morgan fingerprint density at radius 1 is 1.09 bits per heavy atom. The maximum absolute atomic E-state index is 12.0. The Bertz CT molecular complexity index is 842. The summed E-state index contributed by atoms with van der Waals surface area (Å²) in [5.74, 6) is -0.875. The van der Waals surface area contributed by atoms with Gasteiger partial charge in [0.2, 0.25) is 0 Å². The summed E-state index contributed by atoms with van der Waals surface area (Å²) in [6, 6.07) is 16.7. The Hall–Kier alpha value is -2.18. The van der Waals surface area contributed by atoms with Crippen molar-refractivity contribution >= 4 is 54.9 Å². The minimum Gasteiger partial charge on any atom is -0.451 e. The zero-order valence-corrected chi connectivity index (χ0v) is 14.3. The van der Waals surface area contributed by atoms with Crippen molar-refractivity contribution in [3.8, 4) is 0 Å². The molecule has 1 amide bonds. The monoisotopic (exact) mass is 389 g/mol. The quantitative estimate of drug-likeness (QED) is 0.670. The average Bonchev–Trinajstić information content (AvgIpc) is 2.99. The molecule has 0 atom stereocenters. The number of carbonyl (C=O) groups excluding carboxylic acids is 2. The van der Waals surface area contributed by atoms with Crippen molar-refractivity contribution in [1.29, 1.82) is 0 Å². The number of ether oxygens (including phenoxy) is 1. The maximum atomic E-state index is 12.0. The highest BCUT2D eigenvalue weighted by atomic mass is 79.9. The second-order valence-electron chi connectivity index (χ2n) is 4.75. The van der Waals surface area contributed by atoms with E-state index in [-0.39, 0.29) is 12.5 Å². The molecule has 3 rings (SSSR count). The van der Waals surface area contributed by atoms with Crippen molar-refractivity contribution in [3.05, 3.63) is 63.9 Å². The number of fused-ring (bicyclic) bond motifs is 1. The van der Waals surface area contributed by atoms with E-state index in [4.69, 9.17) is 4.74 Å². The highest BCUT2D eigenvalue weighted by Gasteiger charge is 2.14. The molecule has 116 valence electrons. The summed E-state index contributed by atoms with van der Waals surface area (Å²) >= 11 is 4.69. The predicted octanol–water partition coefficient (Wildman–Crippen LogP) is 4.46. The van der Waals surface area contributed by atoms with E-state index in [1.165, 1.54) is 11.3 Å². The molecule has 4 nitrogen and oxygen atoms in total. The summed E-state index contributed by atoms with van der Waals surface area (Å²) in [6.45, 7) is -0.325. The fourth-order valence-electron chi connectivity index (χ4n) is 2.03. The minimum atomic E-state index is -0.492. The zero-order valence-electron chi connectivity index (χ0n) is 11.9. The molecule has 6 heteroatoms. The molecule has 0 fully saturated rings. The van der Waals surface area contributed by atoms with Crippen molar-refractivity contribution in [2.24, 2.45) is 0 Å². The smallest absolute Gasteiger partial charge is 0.348 e. The summed E-state index contributed by atoms with van der Waals surface area (Å²) in [5, 5.41) is 3.67. The van der Waals surface area contributed by atoms with Gasteiger partial charge in [-0.25, -0.2) is 4.79 Å². The topological polar surface area (TPSA) is 55.4 Å². The van der Waals surface area contributed by atoms with E-state index in [0.29, 0.717) is 10.6 Å². The van der Waals surface area contributed by atoms with Crippen LogP contribution in [0.25, 0.3) is 10.1 Å². The summed E-state index contributed by atoms with van der Waals surface area (Å²) in [4.78, 5) is 24.4. The van der Waals surface area contributed by atoms with Crippen molar-refractivity contribution in [1.82, 2.24) is 0 Å². The Morgan fingerprint density at radius 3 is 2.61 bits per heavy atom. The summed E-state index contributed by atoms with van der Waals surface area (Å²) in [6.07, 6.45) is 0. The molecule has 3 aromatic rings. The number of esters is 1. The van der Waals surface area contributed by atoms with Gasteiger partial charge in [-0.1, -0.05) is 30.3 Å². The van der Waals surface area contributed by atoms with E-state index < -0.39 is 5.97 Å². The lowest BCUT2D eigenvalue weighted by Crippen LogP contribution is -2.20. The molecule has 0 bridgehead atoms. The Morgan fingerprint density at radius 2 is 1.83 bits per heavy atom. The highest BCUT2D eigenvalue weighted by molar-refractivity contribution is 9.10. The second kappa shape index (κ2) is 6.93. The molecule has 0 saturated carbocycles. The van der Waals surface area contributed by atoms with Gasteiger partial charge in [-0.05, 0) is 45.6 Å². The molecule has 1 N–H and O–H groups in total. The minimum absolute atomic E-state index is 0.325. The van der Waals surface area contributed by atoms with Gasteiger partial charge >= 0.3 is 5.97 Å². The first-order chi connectivity index (χ1) is 11.1. The van der Waals surface area contributed by atoms with Crippen LogP contribution in [0.15, 0.2) is 59.1 Å². The van der Waals surface area contributed by atoms with Crippen LogP contribution < -0.4 is 5.32 Å².